The van der Waals surface area contributed by atoms with Crippen molar-refractivity contribution in [1.82, 2.24) is 4.72 Å². The third kappa shape index (κ3) is 5.41. The zero-order valence-corrected chi connectivity index (χ0v) is 13.4. The van der Waals surface area contributed by atoms with Crippen LogP contribution in [-0.4, -0.2) is 33.7 Å². The van der Waals surface area contributed by atoms with Gasteiger partial charge >= 0.3 is 0 Å². The molecule has 1 aromatic rings. The summed E-state index contributed by atoms with van der Waals surface area (Å²) in [6, 6.07) is 4.86. The molecule has 1 rings (SSSR count). The average molecular weight is 368 g/mol. The maximum atomic E-state index is 11.7. The van der Waals surface area contributed by atoms with Crippen LogP contribution in [0.4, 0.5) is 5.69 Å². The van der Waals surface area contributed by atoms with Gasteiger partial charge in [-0.25, -0.2) is 0 Å². The third-order valence-corrected chi connectivity index (χ3v) is 4.06. The van der Waals surface area contributed by atoms with Crippen molar-refractivity contribution >= 4 is 49.0 Å². The summed E-state index contributed by atoms with van der Waals surface area (Å²) in [6.07, 6.45) is 0. The molecule has 4 N–H and O–H groups in total. The van der Waals surface area contributed by atoms with E-state index in [1.54, 1.807) is 18.2 Å². The number of nitrogens with two attached hydrogens (primary N) is 1. The van der Waals surface area contributed by atoms with E-state index in [0.29, 0.717) is 22.3 Å². The lowest BCUT2D eigenvalue weighted by Crippen LogP contribution is -2.32. The molecular formula is C10H14BrN3O3S2. The minimum Gasteiger partial charge on any atom is -0.389 e. The molecule has 0 bridgehead atoms. The Balaban J connectivity index is 2.79. The van der Waals surface area contributed by atoms with Crippen molar-refractivity contribution in [2.45, 2.75) is 0 Å². The van der Waals surface area contributed by atoms with E-state index in [4.69, 9.17) is 22.7 Å². The minimum absolute atomic E-state index is 0.189. The number of anilines is 1. The van der Waals surface area contributed by atoms with E-state index in [0.717, 1.165) is 0 Å². The average Bonchev–Trinajstić information content (AvgIpc) is 2.31. The summed E-state index contributed by atoms with van der Waals surface area (Å²) >= 11 is 8.09. The number of rotatable bonds is 7. The quantitative estimate of drug-likeness (QED) is 0.493. The smallest absolute Gasteiger partial charge is 0.299 e. The van der Waals surface area contributed by atoms with Gasteiger partial charge in [0.1, 0.15) is 4.99 Å². The Morgan fingerprint density at radius 2 is 2.21 bits per heavy atom. The second-order valence-corrected chi connectivity index (χ2v) is 6.35. The highest BCUT2D eigenvalue weighted by atomic mass is 79.9. The first-order chi connectivity index (χ1) is 8.85. The fraction of sp³-hybridized carbons (Fsp3) is 0.300. The van der Waals surface area contributed by atoms with E-state index in [2.05, 4.69) is 25.4 Å². The molecule has 19 heavy (non-hydrogen) atoms. The number of hydrogen-bond acceptors (Lipinski definition) is 4. The van der Waals surface area contributed by atoms with Gasteiger partial charge in [0.15, 0.2) is 0 Å². The van der Waals surface area contributed by atoms with Crippen LogP contribution in [0.1, 0.15) is 5.56 Å². The highest BCUT2D eigenvalue weighted by molar-refractivity contribution is 9.10. The molecular weight excluding hydrogens is 354 g/mol. The molecule has 9 heteroatoms. The number of halogens is 1. The summed E-state index contributed by atoms with van der Waals surface area (Å²) in [6.45, 7) is 0.483. The van der Waals surface area contributed by atoms with Crippen LogP contribution < -0.4 is 15.2 Å². The van der Waals surface area contributed by atoms with E-state index >= 15 is 0 Å². The van der Waals surface area contributed by atoms with Crippen LogP contribution in [0.15, 0.2) is 22.7 Å². The van der Waals surface area contributed by atoms with Gasteiger partial charge in [-0.05, 0) is 34.1 Å². The highest BCUT2D eigenvalue weighted by Crippen LogP contribution is 2.24. The molecule has 0 aliphatic carbocycles. The van der Waals surface area contributed by atoms with Crippen LogP contribution in [0.25, 0.3) is 0 Å². The fourth-order valence-corrected chi connectivity index (χ4v) is 2.84. The molecule has 0 saturated carbocycles. The molecule has 0 aliphatic heterocycles. The molecule has 0 amide bonds. The Kier molecular flexibility index (Phi) is 6.14. The maximum Gasteiger partial charge on any atom is 0.299 e. The lowest BCUT2D eigenvalue weighted by Gasteiger charge is -2.11. The topological polar surface area (TPSA) is 93.4 Å². The molecule has 0 spiro atoms. The third-order valence-electron chi connectivity index (χ3n) is 2.10. The second kappa shape index (κ2) is 7.15. The maximum absolute atomic E-state index is 11.7. The van der Waals surface area contributed by atoms with E-state index in [-0.39, 0.29) is 11.5 Å². The summed E-state index contributed by atoms with van der Waals surface area (Å²) in [5.74, 6) is 0. The Hall–Kier alpha value is -0.740. The van der Waals surface area contributed by atoms with Gasteiger partial charge < -0.3 is 10.5 Å². The lowest BCUT2D eigenvalue weighted by atomic mass is 10.2. The van der Waals surface area contributed by atoms with Crippen LogP contribution >= 0.6 is 28.1 Å². The van der Waals surface area contributed by atoms with Crippen molar-refractivity contribution in [1.29, 1.82) is 0 Å². The van der Waals surface area contributed by atoms with Gasteiger partial charge in [0.25, 0.3) is 10.2 Å². The first kappa shape index (κ1) is 16.3. The number of ether oxygens (including phenoxy) is 1. The molecule has 0 aromatic heterocycles. The number of benzene rings is 1. The van der Waals surface area contributed by atoms with Gasteiger partial charge in [0, 0.05) is 23.7 Å². The summed E-state index contributed by atoms with van der Waals surface area (Å²) in [5, 5.41) is 0. The van der Waals surface area contributed by atoms with Gasteiger partial charge in [-0.2, -0.15) is 13.1 Å². The van der Waals surface area contributed by atoms with Crippen LogP contribution in [0.2, 0.25) is 0 Å². The number of methoxy groups -OCH3 is 1. The molecule has 0 unspecified atom stereocenters. The summed E-state index contributed by atoms with van der Waals surface area (Å²) in [7, 11) is -2.14. The zero-order chi connectivity index (χ0) is 14.5. The molecule has 0 saturated heterocycles. The Morgan fingerprint density at radius 1 is 1.53 bits per heavy atom. The van der Waals surface area contributed by atoms with Crippen LogP contribution in [0, 0.1) is 0 Å². The van der Waals surface area contributed by atoms with Gasteiger partial charge in [0.2, 0.25) is 0 Å². The summed E-state index contributed by atoms with van der Waals surface area (Å²) in [4.78, 5) is 0.244. The SMILES string of the molecule is COCCNS(=O)(=O)Nc1ccc(C(N)=S)cc1Br. The van der Waals surface area contributed by atoms with Crippen molar-refractivity contribution in [3.63, 3.8) is 0 Å². The van der Waals surface area contributed by atoms with Crippen LogP contribution in [-0.2, 0) is 14.9 Å². The second-order valence-electron chi connectivity index (χ2n) is 3.55. The minimum atomic E-state index is -3.64. The molecule has 6 nitrogen and oxygen atoms in total. The first-order valence-corrected chi connectivity index (χ1v) is 7.90. The monoisotopic (exact) mass is 367 g/mol. The van der Waals surface area contributed by atoms with Crippen molar-refractivity contribution < 1.29 is 13.2 Å². The predicted molar refractivity (Wildman–Crippen MR) is 82.5 cm³/mol. The van der Waals surface area contributed by atoms with Gasteiger partial charge in [-0.3, -0.25) is 4.72 Å². The fourth-order valence-electron chi connectivity index (χ4n) is 1.21. The summed E-state index contributed by atoms with van der Waals surface area (Å²) in [5.41, 5.74) is 6.53. The molecule has 0 heterocycles. The Bertz CT molecular complexity index is 563. The number of thiocarbonyl (C=S) groups is 1. The largest absolute Gasteiger partial charge is 0.389 e. The lowest BCUT2D eigenvalue weighted by molar-refractivity contribution is 0.204. The Labute approximate surface area is 126 Å². The standard InChI is InChI=1S/C10H14BrN3O3S2/c1-17-5-4-13-19(15,16)14-9-3-2-7(10(12)18)6-8(9)11/h2-3,6,13-14H,4-5H2,1H3,(H2,12,18). The molecule has 1 aromatic carbocycles. The molecule has 0 atom stereocenters. The zero-order valence-electron chi connectivity index (χ0n) is 10.1. The highest BCUT2D eigenvalue weighted by Gasteiger charge is 2.11. The van der Waals surface area contributed by atoms with Crippen LogP contribution in [0.3, 0.4) is 0 Å². The molecule has 0 fully saturated rings. The van der Waals surface area contributed by atoms with Gasteiger partial charge in [-0.15, -0.1) is 0 Å². The summed E-state index contributed by atoms with van der Waals surface area (Å²) < 4.78 is 33.4. The molecule has 0 aliphatic rings. The Morgan fingerprint density at radius 3 is 2.74 bits per heavy atom. The van der Waals surface area contributed by atoms with Crippen molar-refractivity contribution in [2.24, 2.45) is 5.73 Å². The normalized spacial score (nSPS) is 11.3. The molecule has 0 radical (unpaired) electrons. The van der Waals surface area contributed by atoms with Gasteiger partial charge in [-0.1, -0.05) is 12.2 Å². The number of nitrogens with one attached hydrogen (secondary N) is 2. The van der Waals surface area contributed by atoms with Crippen molar-refractivity contribution in [3.05, 3.63) is 28.2 Å². The number of hydrogen-bond donors (Lipinski definition) is 3. The molecule has 106 valence electrons. The first-order valence-electron chi connectivity index (χ1n) is 5.21. The van der Waals surface area contributed by atoms with Crippen molar-refractivity contribution in [3.8, 4) is 0 Å². The van der Waals surface area contributed by atoms with Gasteiger partial charge in [0.05, 0.1) is 12.3 Å². The predicted octanol–water partition coefficient (Wildman–Crippen LogP) is 0.976. The van der Waals surface area contributed by atoms with E-state index in [9.17, 15) is 8.42 Å². The van der Waals surface area contributed by atoms with E-state index in [1.807, 2.05) is 0 Å². The van der Waals surface area contributed by atoms with E-state index < -0.39 is 10.2 Å². The van der Waals surface area contributed by atoms with Crippen LogP contribution in [0.5, 0.6) is 0 Å². The van der Waals surface area contributed by atoms with E-state index in [1.165, 1.54) is 7.11 Å². The van der Waals surface area contributed by atoms with Crippen molar-refractivity contribution in [2.75, 3.05) is 25.0 Å².